The number of carbonyl (C=O) groups excluding carboxylic acids is 1. The summed E-state index contributed by atoms with van der Waals surface area (Å²) in [5.41, 5.74) is 4.65. The van der Waals surface area contributed by atoms with E-state index >= 15 is 0 Å². The van der Waals surface area contributed by atoms with Crippen molar-refractivity contribution >= 4 is 11.6 Å². The molecule has 1 fully saturated rings. The molecule has 6 heteroatoms. The first kappa shape index (κ1) is 11.9. The first-order valence-corrected chi connectivity index (χ1v) is 5.12. The fourth-order valence-electron chi connectivity index (χ4n) is 1.92. The average molecular weight is 244 g/mol. The Morgan fingerprint density at radius 1 is 1.29 bits per heavy atom. The van der Waals surface area contributed by atoms with E-state index in [2.05, 4.69) is 0 Å². The maximum absolute atomic E-state index is 12.8. The first-order valence-electron chi connectivity index (χ1n) is 5.12. The molecule has 0 radical (unpaired) electrons. The third kappa shape index (κ3) is 2.26. The molecule has 1 unspecified atom stereocenters. The lowest BCUT2D eigenvalue weighted by Crippen LogP contribution is -2.29. The summed E-state index contributed by atoms with van der Waals surface area (Å²) < 4.78 is 38.3. The summed E-state index contributed by atoms with van der Waals surface area (Å²) in [6.07, 6.45) is -4.38. The number of halogens is 3. The summed E-state index contributed by atoms with van der Waals surface area (Å²) in [6, 6.07) is 4.63. The Bertz CT molecular complexity index is 445. The molecular formula is C11H11F3N2O. The molecular weight excluding hydrogens is 233 g/mol. The van der Waals surface area contributed by atoms with Crippen LogP contribution in [0.3, 0.4) is 0 Å². The number of hydrogen-bond donors (Lipinski definition) is 1. The summed E-state index contributed by atoms with van der Waals surface area (Å²) in [5.74, 6) is -0.366. The van der Waals surface area contributed by atoms with Crippen LogP contribution in [0, 0.1) is 0 Å². The Hall–Kier alpha value is -1.56. The zero-order valence-electron chi connectivity index (χ0n) is 8.87. The molecule has 1 saturated heterocycles. The predicted molar refractivity (Wildman–Crippen MR) is 56.4 cm³/mol. The SMILES string of the molecule is NC1CC(=O)N(c2ccccc2C(F)(F)F)C1. The fraction of sp³-hybridized carbons (Fsp3) is 0.364. The lowest BCUT2D eigenvalue weighted by molar-refractivity contribution is -0.137. The molecule has 0 bridgehead atoms. The van der Waals surface area contributed by atoms with Gasteiger partial charge in [-0.15, -0.1) is 0 Å². The van der Waals surface area contributed by atoms with Gasteiger partial charge < -0.3 is 10.6 Å². The molecule has 92 valence electrons. The monoisotopic (exact) mass is 244 g/mol. The normalized spacial score (nSPS) is 21.1. The van der Waals surface area contributed by atoms with Crippen LogP contribution in [-0.4, -0.2) is 18.5 Å². The van der Waals surface area contributed by atoms with Gasteiger partial charge in [-0.2, -0.15) is 13.2 Å². The number of benzene rings is 1. The molecule has 1 heterocycles. The van der Waals surface area contributed by atoms with Crippen molar-refractivity contribution in [3.63, 3.8) is 0 Å². The highest BCUT2D eigenvalue weighted by molar-refractivity contribution is 5.97. The number of rotatable bonds is 1. The van der Waals surface area contributed by atoms with Gasteiger partial charge in [0.15, 0.2) is 0 Å². The van der Waals surface area contributed by atoms with Crippen molar-refractivity contribution in [2.45, 2.75) is 18.6 Å². The minimum absolute atomic E-state index is 0.0895. The van der Waals surface area contributed by atoms with Crippen molar-refractivity contribution in [1.82, 2.24) is 0 Å². The molecule has 1 aromatic rings. The summed E-state index contributed by atoms with van der Waals surface area (Å²) in [5, 5.41) is 0. The molecule has 1 aliphatic rings. The third-order valence-electron chi connectivity index (χ3n) is 2.66. The van der Waals surface area contributed by atoms with Crippen molar-refractivity contribution in [2.24, 2.45) is 5.73 Å². The van der Waals surface area contributed by atoms with E-state index in [0.29, 0.717) is 0 Å². The number of hydrogen-bond acceptors (Lipinski definition) is 2. The van der Waals surface area contributed by atoms with Gasteiger partial charge in [-0.25, -0.2) is 0 Å². The van der Waals surface area contributed by atoms with E-state index in [1.54, 1.807) is 0 Å². The summed E-state index contributed by atoms with van der Waals surface area (Å²) >= 11 is 0. The molecule has 17 heavy (non-hydrogen) atoms. The van der Waals surface area contributed by atoms with E-state index in [1.807, 2.05) is 0 Å². The van der Waals surface area contributed by atoms with Crippen LogP contribution in [-0.2, 0) is 11.0 Å². The molecule has 0 aromatic heterocycles. The second-order valence-electron chi connectivity index (χ2n) is 3.98. The standard InChI is InChI=1S/C11H11F3N2O/c12-11(13,14)8-3-1-2-4-9(8)16-6-7(15)5-10(16)17/h1-4,7H,5-6,15H2. The Morgan fingerprint density at radius 3 is 2.47 bits per heavy atom. The number of para-hydroxylation sites is 1. The zero-order valence-corrected chi connectivity index (χ0v) is 8.87. The summed E-state index contributed by atoms with van der Waals surface area (Å²) in [7, 11) is 0. The van der Waals surface area contributed by atoms with E-state index in [1.165, 1.54) is 18.2 Å². The number of amides is 1. The average Bonchev–Trinajstić information content (AvgIpc) is 2.56. The van der Waals surface area contributed by atoms with Gasteiger partial charge in [0.25, 0.3) is 0 Å². The molecule has 2 N–H and O–H groups in total. The highest BCUT2D eigenvalue weighted by Crippen LogP contribution is 2.37. The van der Waals surface area contributed by atoms with Gasteiger partial charge in [0, 0.05) is 19.0 Å². The molecule has 1 aromatic carbocycles. The maximum Gasteiger partial charge on any atom is 0.418 e. The van der Waals surface area contributed by atoms with Crippen LogP contribution in [0.4, 0.5) is 18.9 Å². The van der Waals surface area contributed by atoms with Gasteiger partial charge >= 0.3 is 6.18 Å². The maximum atomic E-state index is 12.8. The van der Waals surface area contributed by atoms with Crippen LogP contribution in [0.2, 0.25) is 0 Å². The molecule has 0 spiro atoms. The van der Waals surface area contributed by atoms with Crippen molar-refractivity contribution in [3.05, 3.63) is 29.8 Å². The van der Waals surface area contributed by atoms with Crippen LogP contribution in [0.25, 0.3) is 0 Å². The van der Waals surface area contributed by atoms with Gasteiger partial charge in [-0.1, -0.05) is 12.1 Å². The number of nitrogens with two attached hydrogens (primary N) is 1. The molecule has 1 amide bonds. The van der Waals surface area contributed by atoms with Gasteiger partial charge in [0.05, 0.1) is 11.3 Å². The van der Waals surface area contributed by atoms with E-state index in [4.69, 9.17) is 5.73 Å². The van der Waals surface area contributed by atoms with Crippen molar-refractivity contribution in [1.29, 1.82) is 0 Å². The first-order chi connectivity index (χ1) is 7.89. The minimum atomic E-state index is -4.47. The van der Waals surface area contributed by atoms with Crippen molar-refractivity contribution in [2.75, 3.05) is 11.4 Å². The highest BCUT2D eigenvalue weighted by atomic mass is 19.4. The summed E-state index contributed by atoms with van der Waals surface area (Å²) in [4.78, 5) is 12.6. The van der Waals surface area contributed by atoms with E-state index < -0.39 is 17.8 Å². The number of anilines is 1. The number of nitrogens with zero attached hydrogens (tertiary/aromatic N) is 1. The van der Waals surface area contributed by atoms with Crippen LogP contribution in [0.1, 0.15) is 12.0 Å². The predicted octanol–water partition coefficient (Wildman–Crippen LogP) is 1.77. The quantitative estimate of drug-likeness (QED) is 0.818. The van der Waals surface area contributed by atoms with Crippen LogP contribution in [0.15, 0.2) is 24.3 Å². The van der Waals surface area contributed by atoms with Gasteiger partial charge in [0.2, 0.25) is 5.91 Å². The lowest BCUT2D eigenvalue weighted by Gasteiger charge is -2.21. The van der Waals surface area contributed by atoms with Crippen molar-refractivity contribution in [3.8, 4) is 0 Å². The smallest absolute Gasteiger partial charge is 0.326 e. The van der Waals surface area contributed by atoms with Gasteiger partial charge in [0.1, 0.15) is 0 Å². The van der Waals surface area contributed by atoms with Crippen LogP contribution >= 0.6 is 0 Å². The minimum Gasteiger partial charge on any atom is -0.326 e. The Balaban J connectivity index is 2.42. The fourth-order valence-corrected chi connectivity index (χ4v) is 1.92. The number of carbonyl (C=O) groups is 1. The third-order valence-corrected chi connectivity index (χ3v) is 2.66. The number of alkyl halides is 3. The second kappa shape index (κ2) is 4.03. The molecule has 0 saturated carbocycles. The Morgan fingerprint density at radius 2 is 1.94 bits per heavy atom. The Labute approximate surface area is 96.0 Å². The zero-order chi connectivity index (χ0) is 12.6. The largest absolute Gasteiger partial charge is 0.418 e. The second-order valence-corrected chi connectivity index (χ2v) is 3.98. The summed E-state index contributed by atoms with van der Waals surface area (Å²) in [6.45, 7) is 0.131. The van der Waals surface area contributed by atoms with E-state index in [-0.39, 0.29) is 24.6 Å². The molecule has 1 aliphatic heterocycles. The van der Waals surface area contributed by atoms with Crippen LogP contribution < -0.4 is 10.6 Å². The lowest BCUT2D eigenvalue weighted by atomic mass is 10.1. The molecule has 3 nitrogen and oxygen atoms in total. The molecule has 1 atom stereocenters. The van der Waals surface area contributed by atoms with Crippen molar-refractivity contribution < 1.29 is 18.0 Å². The topological polar surface area (TPSA) is 46.3 Å². The highest BCUT2D eigenvalue weighted by Gasteiger charge is 2.38. The van der Waals surface area contributed by atoms with E-state index in [0.717, 1.165) is 11.0 Å². The van der Waals surface area contributed by atoms with Gasteiger partial charge in [-0.05, 0) is 12.1 Å². The van der Waals surface area contributed by atoms with Gasteiger partial charge in [-0.3, -0.25) is 4.79 Å². The Kier molecular flexibility index (Phi) is 2.82. The molecule has 2 rings (SSSR count). The van der Waals surface area contributed by atoms with Crippen LogP contribution in [0.5, 0.6) is 0 Å². The molecule has 0 aliphatic carbocycles. The van der Waals surface area contributed by atoms with E-state index in [9.17, 15) is 18.0 Å².